The SMILES string of the molecule is CCCCNC(=O)CN1c2ccc(S(N)(=O)=O)cc2CC1C. The number of hydrogen-bond donors (Lipinski definition) is 2. The Bertz CT molecular complexity index is 658. The van der Waals surface area contributed by atoms with E-state index in [9.17, 15) is 13.2 Å². The van der Waals surface area contributed by atoms with Crippen LogP contribution >= 0.6 is 0 Å². The maximum Gasteiger partial charge on any atom is 0.239 e. The summed E-state index contributed by atoms with van der Waals surface area (Å²) >= 11 is 0. The number of hydrogen-bond acceptors (Lipinski definition) is 4. The van der Waals surface area contributed by atoms with Gasteiger partial charge in [0, 0.05) is 18.3 Å². The maximum atomic E-state index is 12.0. The van der Waals surface area contributed by atoms with Crippen LogP contribution in [0, 0.1) is 0 Å². The van der Waals surface area contributed by atoms with E-state index in [0.29, 0.717) is 13.0 Å². The second kappa shape index (κ2) is 6.66. The van der Waals surface area contributed by atoms with Crippen LogP contribution in [0.4, 0.5) is 5.69 Å². The van der Waals surface area contributed by atoms with Gasteiger partial charge in [0.15, 0.2) is 0 Å². The molecule has 0 radical (unpaired) electrons. The van der Waals surface area contributed by atoms with Crippen molar-refractivity contribution in [2.24, 2.45) is 5.14 Å². The summed E-state index contributed by atoms with van der Waals surface area (Å²) in [5, 5.41) is 8.06. The molecule has 0 saturated carbocycles. The number of carbonyl (C=O) groups excluding carboxylic acids is 1. The van der Waals surface area contributed by atoms with Crippen LogP contribution < -0.4 is 15.4 Å². The van der Waals surface area contributed by atoms with E-state index in [2.05, 4.69) is 12.2 Å². The number of nitrogens with zero attached hydrogens (tertiary/aromatic N) is 1. The summed E-state index contributed by atoms with van der Waals surface area (Å²) in [4.78, 5) is 14.1. The van der Waals surface area contributed by atoms with Gasteiger partial charge in [-0.25, -0.2) is 13.6 Å². The van der Waals surface area contributed by atoms with Crippen molar-refractivity contribution in [2.45, 2.75) is 44.0 Å². The molecule has 22 heavy (non-hydrogen) atoms. The lowest BCUT2D eigenvalue weighted by atomic mass is 10.1. The number of anilines is 1. The monoisotopic (exact) mass is 325 g/mol. The van der Waals surface area contributed by atoms with E-state index in [1.165, 1.54) is 6.07 Å². The smallest absolute Gasteiger partial charge is 0.239 e. The molecule has 1 amide bonds. The second-order valence-electron chi connectivity index (χ2n) is 5.72. The van der Waals surface area contributed by atoms with Crippen LogP contribution in [-0.2, 0) is 21.2 Å². The first-order valence-electron chi connectivity index (χ1n) is 7.52. The minimum Gasteiger partial charge on any atom is -0.359 e. The number of nitrogens with two attached hydrogens (primary N) is 1. The van der Waals surface area contributed by atoms with E-state index in [1.54, 1.807) is 12.1 Å². The fraction of sp³-hybridized carbons (Fsp3) is 0.533. The van der Waals surface area contributed by atoms with Crippen LogP contribution in [0.25, 0.3) is 0 Å². The lowest BCUT2D eigenvalue weighted by molar-refractivity contribution is -0.119. The van der Waals surface area contributed by atoms with Crippen LogP contribution in [-0.4, -0.2) is 33.5 Å². The molecule has 0 spiro atoms. The van der Waals surface area contributed by atoms with Crippen molar-refractivity contribution in [3.8, 4) is 0 Å². The first-order chi connectivity index (χ1) is 10.3. The van der Waals surface area contributed by atoms with E-state index in [0.717, 1.165) is 24.1 Å². The van der Waals surface area contributed by atoms with Gasteiger partial charge in [-0.2, -0.15) is 0 Å². The Labute approximate surface area is 131 Å². The van der Waals surface area contributed by atoms with Gasteiger partial charge in [0.1, 0.15) is 0 Å². The highest BCUT2D eigenvalue weighted by Crippen LogP contribution is 2.33. The molecule has 1 heterocycles. The molecule has 0 aromatic heterocycles. The quantitative estimate of drug-likeness (QED) is 0.763. The number of primary sulfonamides is 1. The van der Waals surface area contributed by atoms with Crippen molar-refractivity contribution in [3.05, 3.63) is 23.8 Å². The Morgan fingerprint density at radius 2 is 2.18 bits per heavy atom. The molecule has 1 aliphatic rings. The lowest BCUT2D eigenvalue weighted by Crippen LogP contribution is -2.40. The molecule has 0 fully saturated rings. The summed E-state index contributed by atoms with van der Waals surface area (Å²) in [7, 11) is -3.70. The first kappa shape index (κ1) is 16.8. The minimum absolute atomic E-state index is 0.0105. The molecule has 1 atom stereocenters. The molecule has 0 saturated heterocycles. The zero-order chi connectivity index (χ0) is 16.3. The number of amides is 1. The van der Waals surface area contributed by atoms with Crippen LogP contribution in [0.2, 0.25) is 0 Å². The van der Waals surface area contributed by atoms with Gasteiger partial charge >= 0.3 is 0 Å². The van der Waals surface area contributed by atoms with E-state index in [1.807, 2.05) is 11.8 Å². The van der Waals surface area contributed by atoms with Gasteiger partial charge in [0.05, 0.1) is 11.4 Å². The second-order valence-corrected chi connectivity index (χ2v) is 7.28. The van der Waals surface area contributed by atoms with E-state index in [4.69, 9.17) is 5.14 Å². The minimum atomic E-state index is -3.70. The predicted molar refractivity (Wildman–Crippen MR) is 86.2 cm³/mol. The molecule has 1 aromatic rings. The average Bonchev–Trinajstić information content (AvgIpc) is 2.74. The van der Waals surface area contributed by atoms with Crippen LogP contribution in [0.15, 0.2) is 23.1 Å². The number of benzene rings is 1. The molecular weight excluding hydrogens is 302 g/mol. The summed E-state index contributed by atoms with van der Waals surface area (Å²) in [5.74, 6) is -0.0105. The molecule has 1 unspecified atom stereocenters. The summed E-state index contributed by atoms with van der Waals surface area (Å²) in [6, 6.07) is 4.99. The molecule has 2 rings (SSSR count). The third-order valence-corrected chi connectivity index (χ3v) is 4.81. The highest BCUT2D eigenvalue weighted by Gasteiger charge is 2.28. The van der Waals surface area contributed by atoms with E-state index in [-0.39, 0.29) is 23.4 Å². The Morgan fingerprint density at radius 3 is 2.82 bits per heavy atom. The summed E-state index contributed by atoms with van der Waals surface area (Å²) in [6.07, 6.45) is 2.72. The number of nitrogens with one attached hydrogen (secondary N) is 1. The van der Waals surface area contributed by atoms with Crippen molar-refractivity contribution in [2.75, 3.05) is 18.0 Å². The normalized spacial score (nSPS) is 17.4. The topological polar surface area (TPSA) is 92.5 Å². The standard InChI is InChI=1S/C15H23N3O3S/c1-3-4-7-17-15(19)10-18-11(2)8-12-9-13(22(16,20)21)5-6-14(12)18/h5-6,9,11H,3-4,7-8,10H2,1-2H3,(H,17,19)(H2,16,20,21). The zero-order valence-electron chi connectivity index (χ0n) is 13.0. The molecule has 7 heteroatoms. The fourth-order valence-corrected chi connectivity index (χ4v) is 3.27. The van der Waals surface area contributed by atoms with Gasteiger partial charge in [0.25, 0.3) is 0 Å². The van der Waals surface area contributed by atoms with Gasteiger partial charge in [-0.3, -0.25) is 4.79 Å². The molecular formula is C15H23N3O3S. The molecule has 1 aromatic carbocycles. The average molecular weight is 325 g/mol. The zero-order valence-corrected chi connectivity index (χ0v) is 13.8. The van der Waals surface area contributed by atoms with Gasteiger partial charge < -0.3 is 10.2 Å². The Morgan fingerprint density at radius 1 is 1.45 bits per heavy atom. The third-order valence-electron chi connectivity index (χ3n) is 3.90. The fourth-order valence-electron chi connectivity index (χ4n) is 2.70. The first-order valence-corrected chi connectivity index (χ1v) is 9.06. The highest BCUT2D eigenvalue weighted by molar-refractivity contribution is 7.89. The van der Waals surface area contributed by atoms with Crippen LogP contribution in [0.3, 0.4) is 0 Å². The molecule has 0 bridgehead atoms. The van der Waals surface area contributed by atoms with Gasteiger partial charge in [-0.05, 0) is 43.5 Å². The van der Waals surface area contributed by atoms with E-state index < -0.39 is 10.0 Å². The van der Waals surface area contributed by atoms with Crippen LogP contribution in [0.1, 0.15) is 32.3 Å². The Balaban J connectivity index is 2.12. The molecule has 0 aliphatic carbocycles. The number of sulfonamides is 1. The largest absolute Gasteiger partial charge is 0.359 e. The van der Waals surface area contributed by atoms with Crippen molar-refractivity contribution >= 4 is 21.6 Å². The van der Waals surface area contributed by atoms with Crippen molar-refractivity contribution in [3.63, 3.8) is 0 Å². The van der Waals surface area contributed by atoms with E-state index >= 15 is 0 Å². The Kier molecular flexibility index (Phi) is 5.08. The van der Waals surface area contributed by atoms with Crippen molar-refractivity contribution < 1.29 is 13.2 Å². The lowest BCUT2D eigenvalue weighted by Gasteiger charge is -2.24. The third kappa shape index (κ3) is 3.78. The van der Waals surface area contributed by atoms with Crippen LogP contribution in [0.5, 0.6) is 0 Å². The summed E-state index contributed by atoms with van der Waals surface area (Å²) in [5.41, 5.74) is 1.82. The Hall–Kier alpha value is -1.60. The summed E-state index contributed by atoms with van der Waals surface area (Å²) < 4.78 is 22.8. The summed E-state index contributed by atoms with van der Waals surface area (Å²) in [6.45, 7) is 5.07. The van der Waals surface area contributed by atoms with Crippen molar-refractivity contribution in [1.82, 2.24) is 5.32 Å². The molecule has 122 valence electrons. The highest BCUT2D eigenvalue weighted by atomic mass is 32.2. The predicted octanol–water partition coefficient (Wildman–Crippen LogP) is 1.00. The number of unbranched alkanes of at least 4 members (excludes halogenated alkanes) is 1. The van der Waals surface area contributed by atoms with Gasteiger partial charge in [-0.1, -0.05) is 13.3 Å². The van der Waals surface area contributed by atoms with Crippen molar-refractivity contribution in [1.29, 1.82) is 0 Å². The van der Waals surface area contributed by atoms with Gasteiger partial charge in [-0.15, -0.1) is 0 Å². The molecule has 3 N–H and O–H groups in total. The number of carbonyl (C=O) groups is 1. The number of rotatable bonds is 6. The maximum absolute atomic E-state index is 12.0. The molecule has 6 nitrogen and oxygen atoms in total. The van der Waals surface area contributed by atoms with Gasteiger partial charge in [0.2, 0.25) is 15.9 Å². The molecule has 1 aliphatic heterocycles. The number of fused-ring (bicyclic) bond motifs is 1.